The number of nitrogens with one attached hydrogen (secondary N) is 1. The van der Waals surface area contributed by atoms with E-state index >= 15 is 0 Å². The summed E-state index contributed by atoms with van der Waals surface area (Å²) in [6.07, 6.45) is 4.96. The van der Waals surface area contributed by atoms with Gasteiger partial charge in [0.15, 0.2) is 0 Å². The molecule has 0 fully saturated rings. The molecule has 0 spiro atoms. The lowest BCUT2D eigenvalue weighted by Gasteiger charge is -2.12. The van der Waals surface area contributed by atoms with Crippen LogP contribution in [0, 0.1) is 0 Å². The fourth-order valence-electron chi connectivity index (χ4n) is 1.52. The number of carbonyl (C=O) groups excluding carboxylic acids is 1. The number of carbonyl (C=O) groups is 1. The minimum atomic E-state index is -0.320. The van der Waals surface area contributed by atoms with Crippen molar-refractivity contribution in [1.29, 1.82) is 0 Å². The molecule has 0 unspecified atom stereocenters. The summed E-state index contributed by atoms with van der Waals surface area (Å²) in [6, 6.07) is 3.84. The normalized spacial score (nSPS) is 11.0. The minimum Gasteiger partial charge on any atom is -0.475 e. The molecule has 0 aromatic carbocycles. The third kappa shape index (κ3) is 6.33. The molecular formula is C15H22N2O3. The molecule has 1 aromatic rings. The van der Waals surface area contributed by atoms with E-state index in [1.165, 1.54) is 6.08 Å². The maximum Gasteiger partial charge on any atom is 0.330 e. The zero-order valence-corrected chi connectivity index (χ0v) is 12.3. The van der Waals surface area contributed by atoms with E-state index in [0.29, 0.717) is 25.6 Å². The van der Waals surface area contributed by atoms with Gasteiger partial charge in [0.2, 0.25) is 5.88 Å². The maximum atomic E-state index is 11.1. The third-order valence-corrected chi connectivity index (χ3v) is 2.32. The monoisotopic (exact) mass is 278 g/mol. The molecule has 0 saturated carbocycles. The van der Waals surface area contributed by atoms with Crippen LogP contribution in [0.1, 0.15) is 26.3 Å². The molecule has 1 aromatic heterocycles. The largest absolute Gasteiger partial charge is 0.475 e. The second-order valence-corrected chi connectivity index (χ2v) is 4.42. The molecule has 5 nitrogen and oxygen atoms in total. The molecular weight excluding hydrogens is 256 g/mol. The van der Waals surface area contributed by atoms with Crippen molar-refractivity contribution in [3.05, 3.63) is 36.0 Å². The van der Waals surface area contributed by atoms with Gasteiger partial charge in [-0.25, -0.2) is 9.78 Å². The Balaban J connectivity index is 2.40. The molecule has 0 amide bonds. The van der Waals surface area contributed by atoms with E-state index in [1.807, 2.05) is 26.0 Å². The van der Waals surface area contributed by atoms with E-state index < -0.39 is 0 Å². The van der Waals surface area contributed by atoms with Gasteiger partial charge < -0.3 is 14.8 Å². The summed E-state index contributed by atoms with van der Waals surface area (Å²) >= 11 is 0. The van der Waals surface area contributed by atoms with Gasteiger partial charge in [0.25, 0.3) is 0 Å². The molecule has 0 atom stereocenters. The molecule has 0 aliphatic rings. The summed E-state index contributed by atoms with van der Waals surface area (Å²) < 4.78 is 10.4. The van der Waals surface area contributed by atoms with Gasteiger partial charge in [0.1, 0.15) is 0 Å². The molecule has 1 heterocycles. The Bertz CT molecular complexity index is 444. The highest BCUT2D eigenvalue weighted by Crippen LogP contribution is 2.15. The van der Waals surface area contributed by atoms with Crippen molar-refractivity contribution in [3.63, 3.8) is 0 Å². The highest BCUT2D eigenvalue weighted by Gasteiger charge is 2.05. The molecule has 1 rings (SSSR count). The first-order chi connectivity index (χ1) is 9.63. The predicted molar refractivity (Wildman–Crippen MR) is 77.5 cm³/mol. The SMILES string of the molecule is CCOC(=O)/C=C/CNCc1cccnc1OC(C)C. The average molecular weight is 278 g/mol. The quantitative estimate of drug-likeness (QED) is 0.448. The predicted octanol–water partition coefficient (Wildman–Crippen LogP) is 2.08. The second kappa shape index (κ2) is 9.09. The van der Waals surface area contributed by atoms with Crippen molar-refractivity contribution in [1.82, 2.24) is 10.3 Å². The number of esters is 1. The van der Waals surface area contributed by atoms with Gasteiger partial charge in [-0.15, -0.1) is 0 Å². The zero-order valence-electron chi connectivity index (χ0n) is 12.3. The molecule has 0 aliphatic heterocycles. The molecule has 5 heteroatoms. The van der Waals surface area contributed by atoms with Crippen LogP contribution in [0.2, 0.25) is 0 Å². The first-order valence-corrected chi connectivity index (χ1v) is 6.78. The van der Waals surface area contributed by atoms with Crippen LogP contribution in [-0.4, -0.2) is 30.2 Å². The smallest absolute Gasteiger partial charge is 0.330 e. The van der Waals surface area contributed by atoms with Crippen LogP contribution in [-0.2, 0) is 16.1 Å². The van der Waals surface area contributed by atoms with Gasteiger partial charge in [0, 0.05) is 30.9 Å². The summed E-state index contributed by atoms with van der Waals surface area (Å²) in [7, 11) is 0. The minimum absolute atomic E-state index is 0.0901. The highest BCUT2D eigenvalue weighted by molar-refractivity contribution is 5.81. The fourth-order valence-corrected chi connectivity index (χ4v) is 1.52. The van der Waals surface area contributed by atoms with Gasteiger partial charge in [-0.05, 0) is 26.8 Å². The van der Waals surface area contributed by atoms with Crippen LogP contribution in [0.3, 0.4) is 0 Å². The zero-order chi connectivity index (χ0) is 14.8. The second-order valence-electron chi connectivity index (χ2n) is 4.42. The van der Waals surface area contributed by atoms with E-state index in [1.54, 1.807) is 19.2 Å². The number of nitrogens with zero attached hydrogens (tertiary/aromatic N) is 1. The lowest BCUT2D eigenvalue weighted by atomic mass is 10.2. The number of rotatable bonds is 8. The van der Waals surface area contributed by atoms with E-state index in [4.69, 9.17) is 9.47 Å². The summed E-state index contributed by atoms with van der Waals surface area (Å²) in [6.45, 7) is 7.31. The number of hydrogen-bond donors (Lipinski definition) is 1. The summed E-state index contributed by atoms with van der Waals surface area (Å²) in [5.41, 5.74) is 0.991. The van der Waals surface area contributed by atoms with Crippen LogP contribution < -0.4 is 10.1 Å². The Hall–Kier alpha value is -1.88. The lowest BCUT2D eigenvalue weighted by Crippen LogP contribution is -2.16. The topological polar surface area (TPSA) is 60.5 Å². The molecule has 0 radical (unpaired) electrons. The first kappa shape index (κ1) is 16.2. The van der Waals surface area contributed by atoms with E-state index in [2.05, 4.69) is 10.3 Å². The summed E-state index contributed by atoms with van der Waals surface area (Å²) in [5.74, 6) is 0.323. The molecule has 1 N–H and O–H groups in total. The van der Waals surface area contributed by atoms with Crippen molar-refractivity contribution >= 4 is 5.97 Å². The van der Waals surface area contributed by atoms with Gasteiger partial charge in [-0.1, -0.05) is 12.1 Å². The van der Waals surface area contributed by atoms with Crippen LogP contribution >= 0.6 is 0 Å². The van der Waals surface area contributed by atoms with E-state index in [9.17, 15) is 4.79 Å². The van der Waals surface area contributed by atoms with Gasteiger partial charge in [0.05, 0.1) is 12.7 Å². The van der Waals surface area contributed by atoms with Crippen LogP contribution in [0.25, 0.3) is 0 Å². The molecule has 0 bridgehead atoms. The number of pyridine rings is 1. The molecule has 0 saturated heterocycles. The number of hydrogen-bond acceptors (Lipinski definition) is 5. The van der Waals surface area contributed by atoms with E-state index in [0.717, 1.165) is 5.56 Å². The standard InChI is InChI=1S/C15H22N2O3/c1-4-19-14(18)8-6-9-16-11-13-7-5-10-17-15(13)20-12(2)3/h5-8,10,12,16H,4,9,11H2,1-3H3/b8-6+. The van der Waals surface area contributed by atoms with Crippen LogP contribution in [0.4, 0.5) is 0 Å². The molecule has 110 valence electrons. The first-order valence-electron chi connectivity index (χ1n) is 6.78. The Kier molecular flexibility index (Phi) is 7.35. The Morgan fingerprint density at radius 1 is 1.50 bits per heavy atom. The van der Waals surface area contributed by atoms with Crippen LogP contribution in [0.15, 0.2) is 30.5 Å². The third-order valence-electron chi connectivity index (χ3n) is 2.32. The summed E-state index contributed by atoms with van der Waals surface area (Å²) in [5, 5.41) is 3.20. The van der Waals surface area contributed by atoms with Crippen molar-refractivity contribution < 1.29 is 14.3 Å². The van der Waals surface area contributed by atoms with Crippen molar-refractivity contribution in [2.75, 3.05) is 13.2 Å². The van der Waals surface area contributed by atoms with Crippen molar-refractivity contribution in [2.24, 2.45) is 0 Å². The van der Waals surface area contributed by atoms with Gasteiger partial charge in [-0.2, -0.15) is 0 Å². The lowest BCUT2D eigenvalue weighted by molar-refractivity contribution is -0.137. The van der Waals surface area contributed by atoms with Gasteiger partial charge >= 0.3 is 5.97 Å². The number of ether oxygens (including phenoxy) is 2. The summed E-state index contributed by atoms with van der Waals surface area (Å²) in [4.78, 5) is 15.3. The molecule has 20 heavy (non-hydrogen) atoms. The molecule has 0 aliphatic carbocycles. The average Bonchev–Trinajstić information content (AvgIpc) is 2.40. The van der Waals surface area contributed by atoms with Crippen molar-refractivity contribution in [3.8, 4) is 5.88 Å². The Labute approximate surface area is 120 Å². The highest BCUT2D eigenvalue weighted by atomic mass is 16.5. The van der Waals surface area contributed by atoms with Crippen LogP contribution in [0.5, 0.6) is 5.88 Å². The Morgan fingerprint density at radius 2 is 2.30 bits per heavy atom. The van der Waals surface area contributed by atoms with Crippen molar-refractivity contribution in [2.45, 2.75) is 33.4 Å². The van der Waals surface area contributed by atoms with E-state index in [-0.39, 0.29) is 12.1 Å². The maximum absolute atomic E-state index is 11.1. The van der Waals surface area contributed by atoms with Gasteiger partial charge in [-0.3, -0.25) is 0 Å². The fraction of sp³-hybridized carbons (Fsp3) is 0.467. The Morgan fingerprint density at radius 3 is 3.00 bits per heavy atom. The number of aromatic nitrogens is 1.